The molecule has 0 spiro atoms. The van der Waals surface area contributed by atoms with Gasteiger partial charge in [0.2, 0.25) is 15.9 Å². The Kier molecular flexibility index (Phi) is 7.28. The maximum absolute atomic E-state index is 12.7. The minimum Gasteiger partial charge on any atom is -0.310 e. The van der Waals surface area contributed by atoms with Crippen LogP contribution in [0.15, 0.2) is 46.6 Å². The van der Waals surface area contributed by atoms with Gasteiger partial charge in [-0.1, -0.05) is 36.2 Å². The average molecular weight is 441 g/mol. The third-order valence-electron chi connectivity index (χ3n) is 4.26. The molecule has 1 aliphatic heterocycles. The maximum Gasteiger partial charge on any atom is 0.244 e. The molecule has 7 nitrogen and oxygen atoms in total. The molecule has 1 amide bonds. The summed E-state index contributed by atoms with van der Waals surface area (Å²) in [5, 5.41) is 3.73. The van der Waals surface area contributed by atoms with Crippen molar-refractivity contribution in [1.29, 1.82) is 0 Å². The Labute approximate surface area is 173 Å². The Morgan fingerprint density at radius 3 is 2.43 bits per heavy atom. The van der Waals surface area contributed by atoms with Crippen LogP contribution in [0.3, 0.4) is 0 Å². The first-order valence-corrected chi connectivity index (χ1v) is 11.8. The van der Waals surface area contributed by atoms with Crippen molar-refractivity contribution in [2.75, 3.05) is 24.2 Å². The number of nitrogens with zero attached hydrogens (tertiary/aromatic N) is 3. The summed E-state index contributed by atoms with van der Waals surface area (Å²) in [6.07, 6.45) is 6.72. The second kappa shape index (κ2) is 9.69. The van der Waals surface area contributed by atoms with E-state index >= 15 is 0 Å². The molecular formula is C18H21ClN4O3S2. The summed E-state index contributed by atoms with van der Waals surface area (Å²) in [6.45, 7) is 1.11. The van der Waals surface area contributed by atoms with E-state index in [0.29, 0.717) is 29.0 Å². The molecule has 0 bridgehead atoms. The Hall–Kier alpha value is -1.68. The minimum absolute atomic E-state index is 0.134. The first-order valence-electron chi connectivity index (χ1n) is 8.95. The molecule has 0 radical (unpaired) electrons. The van der Waals surface area contributed by atoms with E-state index in [1.54, 1.807) is 24.3 Å². The molecule has 1 N–H and O–H groups in total. The van der Waals surface area contributed by atoms with Crippen LogP contribution >= 0.6 is 23.4 Å². The first-order chi connectivity index (χ1) is 13.4. The molecule has 0 aromatic carbocycles. The van der Waals surface area contributed by atoms with Crippen LogP contribution in [0.1, 0.15) is 25.7 Å². The highest BCUT2D eigenvalue weighted by Crippen LogP contribution is 2.22. The number of sulfonamides is 1. The molecule has 1 saturated heterocycles. The van der Waals surface area contributed by atoms with Crippen LogP contribution in [-0.2, 0) is 14.8 Å². The van der Waals surface area contributed by atoms with Gasteiger partial charge in [-0.3, -0.25) is 4.79 Å². The molecule has 2 aromatic rings. The highest BCUT2D eigenvalue weighted by atomic mass is 35.5. The van der Waals surface area contributed by atoms with Gasteiger partial charge in [0.05, 0.1) is 15.8 Å². The summed E-state index contributed by atoms with van der Waals surface area (Å²) in [6, 6.07) is 6.44. The fraction of sp³-hybridized carbons (Fsp3) is 0.389. The SMILES string of the molecule is O=C(CSc1ccc(S(=O)(=O)N2CCCCCC2)cn1)Nc1ccc(Cl)cn1. The summed E-state index contributed by atoms with van der Waals surface area (Å²) >= 11 is 6.98. The van der Waals surface area contributed by atoms with E-state index < -0.39 is 10.0 Å². The number of aromatic nitrogens is 2. The minimum atomic E-state index is -3.51. The Morgan fingerprint density at radius 2 is 1.82 bits per heavy atom. The fourth-order valence-electron chi connectivity index (χ4n) is 2.80. The van der Waals surface area contributed by atoms with E-state index in [1.807, 2.05) is 0 Å². The van der Waals surface area contributed by atoms with Gasteiger partial charge in [-0.15, -0.1) is 0 Å². The molecule has 1 fully saturated rings. The van der Waals surface area contributed by atoms with Crippen LogP contribution in [0, 0.1) is 0 Å². The fourth-order valence-corrected chi connectivity index (χ4v) is 5.02. The average Bonchev–Trinajstić information content (AvgIpc) is 2.99. The number of hydrogen-bond donors (Lipinski definition) is 1. The third kappa shape index (κ3) is 5.66. The predicted octanol–water partition coefficient (Wildman–Crippen LogP) is 3.43. The van der Waals surface area contributed by atoms with Gasteiger partial charge in [0.25, 0.3) is 0 Å². The zero-order valence-electron chi connectivity index (χ0n) is 15.2. The van der Waals surface area contributed by atoms with Gasteiger partial charge in [-0.2, -0.15) is 4.31 Å². The highest BCUT2D eigenvalue weighted by Gasteiger charge is 2.25. The van der Waals surface area contributed by atoms with Crippen LogP contribution in [0.25, 0.3) is 0 Å². The zero-order valence-corrected chi connectivity index (χ0v) is 17.6. The maximum atomic E-state index is 12.7. The number of amides is 1. The number of thioether (sulfide) groups is 1. The van der Waals surface area contributed by atoms with E-state index in [1.165, 1.54) is 28.5 Å². The highest BCUT2D eigenvalue weighted by molar-refractivity contribution is 7.99. The molecule has 2 aromatic heterocycles. The Bertz CT molecular complexity index is 897. The van der Waals surface area contributed by atoms with Crippen molar-refractivity contribution >= 4 is 45.1 Å². The molecule has 0 saturated carbocycles. The summed E-state index contributed by atoms with van der Waals surface area (Å²) < 4.78 is 27.0. The quantitative estimate of drug-likeness (QED) is 0.692. The molecule has 3 rings (SSSR count). The lowest BCUT2D eigenvalue weighted by Crippen LogP contribution is -2.32. The van der Waals surface area contributed by atoms with Crippen molar-refractivity contribution in [3.8, 4) is 0 Å². The Balaban J connectivity index is 1.56. The van der Waals surface area contributed by atoms with E-state index in [-0.39, 0.29) is 16.6 Å². The van der Waals surface area contributed by atoms with Crippen molar-refractivity contribution < 1.29 is 13.2 Å². The molecule has 0 atom stereocenters. The van der Waals surface area contributed by atoms with Gasteiger partial charge < -0.3 is 5.32 Å². The molecule has 28 heavy (non-hydrogen) atoms. The van der Waals surface area contributed by atoms with Gasteiger partial charge in [-0.05, 0) is 37.1 Å². The summed E-state index contributed by atoms with van der Waals surface area (Å²) in [5.74, 6) is 0.319. The van der Waals surface area contributed by atoms with Crippen LogP contribution < -0.4 is 5.32 Å². The predicted molar refractivity (Wildman–Crippen MR) is 110 cm³/mol. The largest absolute Gasteiger partial charge is 0.310 e. The van der Waals surface area contributed by atoms with Gasteiger partial charge in [-0.25, -0.2) is 18.4 Å². The van der Waals surface area contributed by atoms with Crippen molar-refractivity contribution in [2.24, 2.45) is 0 Å². The van der Waals surface area contributed by atoms with E-state index in [4.69, 9.17) is 11.6 Å². The van der Waals surface area contributed by atoms with E-state index in [9.17, 15) is 13.2 Å². The lowest BCUT2D eigenvalue weighted by molar-refractivity contribution is -0.113. The smallest absolute Gasteiger partial charge is 0.244 e. The number of rotatable bonds is 6. The molecule has 0 aliphatic carbocycles. The van der Waals surface area contributed by atoms with E-state index in [2.05, 4.69) is 15.3 Å². The monoisotopic (exact) mass is 440 g/mol. The third-order valence-corrected chi connectivity index (χ3v) is 7.31. The van der Waals surface area contributed by atoms with Crippen molar-refractivity contribution in [1.82, 2.24) is 14.3 Å². The second-order valence-electron chi connectivity index (χ2n) is 6.35. The van der Waals surface area contributed by atoms with Gasteiger partial charge >= 0.3 is 0 Å². The number of halogens is 1. The van der Waals surface area contributed by atoms with Crippen LogP contribution in [0.2, 0.25) is 5.02 Å². The van der Waals surface area contributed by atoms with Crippen LogP contribution in [0.5, 0.6) is 0 Å². The number of hydrogen-bond acceptors (Lipinski definition) is 6. The second-order valence-corrected chi connectivity index (χ2v) is 9.72. The molecular weight excluding hydrogens is 420 g/mol. The lowest BCUT2D eigenvalue weighted by atomic mass is 10.2. The number of pyridine rings is 2. The molecule has 0 unspecified atom stereocenters. The summed E-state index contributed by atoms with van der Waals surface area (Å²) in [7, 11) is -3.51. The zero-order chi connectivity index (χ0) is 20.0. The molecule has 10 heteroatoms. The number of carbonyl (C=O) groups is 1. The molecule has 1 aliphatic rings. The first kappa shape index (κ1) is 21.0. The number of anilines is 1. The van der Waals surface area contributed by atoms with Gasteiger partial charge in [0, 0.05) is 25.5 Å². The number of nitrogens with one attached hydrogen (secondary N) is 1. The van der Waals surface area contributed by atoms with Gasteiger partial charge in [0.1, 0.15) is 10.7 Å². The lowest BCUT2D eigenvalue weighted by Gasteiger charge is -2.19. The van der Waals surface area contributed by atoms with Crippen LogP contribution in [0.4, 0.5) is 5.82 Å². The molecule has 3 heterocycles. The van der Waals surface area contributed by atoms with Crippen molar-refractivity contribution in [3.63, 3.8) is 0 Å². The topological polar surface area (TPSA) is 92.3 Å². The van der Waals surface area contributed by atoms with Crippen molar-refractivity contribution in [2.45, 2.75) is 35.6 Å². The molecule has 150 valence electrons. The normalized spacial score (nSPS) is 15.8. The number of carbonyl (C=O) groups excluding carboxylic acids is 1. The van der Waals surface area contributed by atoms with Gasteiger partial charge in [0.15, 0.2) is 0 Å². The standard InChI is InChI=1S/C18H21ClN4O3S2/c19-14-5-7-16(20-11-14)22-17(24)13-27-18-8-6-15(12-21-18)28(25,26)23-9-3-1-2-4-10-23/h5-8,11-12H,1-4,9-10,13H2,(H,20,22,24). The summed E-state index contributed by atoms with van der Waals surface area (Å²) in [4.78, 5) is 20.4. The van der Waals surface area contributed by atoms with Crippen molar-refractivity contribution in [3.05, 3.63) is 41.7 Å². The van der Waals surface area contributed by atoms with Crippen LogP contribution in [-0.4, -0.2) is 47.4 Å². The Morgan fingerprint density at radius 1 is 1.07 bits per heavy atom. The van der Waals surface area contributed by atoms with E-state index in [0.717, 1.165) is 25.7 Å². The summed E-state index contributed by atoms with van der Waals surface area (Å²) in [5.41, 5.74) is 0.